The summed E-state index contributed by atoms with van der Waals surface area (Å²) in [7, 11) is 1.99. The lowest BCUT2D eigenvalue weighted by Crippen LogP contribution is -2.61. The molecule has 13 heavy (non-hydrogen) atoms. The Labute approximate surface area is 79.3 Å². The summed E-state index contributed by atoms with van der Waals surface area (Å²) in [4.78, 5) is 10.8. The molecule has 0 radical (unpaired) electrons. The van der Waals surface area contributed by atoms with Crippen LogP contribution in [0.2, 0.25) is 0 Å². The number of aliphatic hydroxyl groups is 1. The van der Waals surface area contributed by atoms with Crippen molar-refractivity contribution in [3.8, 4) is 0 Å². The Morgan fingerprint density at radius 1 is 1.62 bits per heavy atom. The lowest BCUT2D eigenvalue weighted by Gasteiger charge is -2.42. The minimum Gasteiger partial charge on any atom is -0.369 e. The van der Waals surface area contributed by atoms with Crippen molar-refractivity contribution in [2.24, 2.45) is 0 Å². The predicted octanol–water partition coefficient (Wildman–Crippen LogP) is 0.325. The van der Waals surface area contributed by atoms with Crippen molar-refractivity contribution in [3.05, 3.63) is 0 Å². The van der Waals surface area contributed by atoms with Crippen LogP contribution in [0.5, 0.6) is 0 Å². The van der Waals surface area contributed by atoms with Crippen molar-refractivity contribution in [1.29, 1.82) is 0 Å². The maximum Gasteiger partial charge on any atom is 0.258 e. The van der Waals surface area contributed by atoms with Gasteiger partial charge in [0, 0.05) is 0 Å². The fourth-order valence-electron chi connectivity index (χ4n) is 2.09. The highest BCUT2D eigenvalue weighted by Crippen LogP contribution is 2.31. The molecule has 76 valence electrons. The van der Waals surface area contributed by atoms with Gasteiger partial charge in [-0.15, -0.1) is 0 Å². The van der Waals surface area contributed by atoms with Gasteiger partial charge in [-0.2, -0.15) is 5.01 Å². The lowest BCUT2D eigenvalue weighted by molar-refractivity contribution is -1.03. The predicted molar refractivity (Wildman–Crippen MR) is 49.3 cm³/mol. The number of hydrogen-bond donors (Lipinski definition) is 1. The summed E-state index contributed by atoms with van der Waals surface area (Å²) >= 11 is 0. The third-order valence-electron chi connectivity index (χ3n) is 3.40. The van der Waals surface area contributed by atoms with Crippen LogP contribution in [0.3, 0.4) is 0 Å². The fraction of sp³-hybridized carbons (Fsp3) is 0.889. The molecular weight excluding hydrogens is 168 g/mol. The molecular formula is C9H19N2O2+. The van der Waals surface area contributed by atoms with Crippen molar-refractivity contribution in [1.82, 2.24) is 5.01 Å². The third kappa shape index (κ3) is 1.34. The first kappa shape index (κ1) is 10.5. The zero-order chi connectivity index (χ0) is 10.2. The van der Waals surface area contributed by atoms with Crippen LogP contribution in [-0.4, -0.2) is 46.5 Å². The van der Waals surface area contributed by atoms with Crippen molar-refractivity contribution < 1.29 is 14.5 Å². The van der Waals surface area contributed by atoms with E-state index < -0.39 is 6.23 Å². The van der Waals surface area contributed by atoms with E-state index in [1.54, 1.807) is 0 Å². The van der Waals surface area contributed by atoms with Gasteiger partial charge in [-0.1, -0.05) is 0 Å². The van der Waals surface area contributed by atoms with Crippen molar-refractivity contribution >= 4 is 6.41 Å². The summed E-state index contributed by atoms with van der Waals surface area (Å²) in [6.07, 6.45) is 0.779. The van der Waals surface area contributed by atoms with Gasteiger partial charge >= 0.3 is 0 Å². The number of rotatable bonds is 2. The van der Waals surface area contributed by atoms with Crippen LogP contribution in [0.1, 0.15) is 27.2 Å². The van der Waals surface area contributed by atoms with E-state index in [1.807, 2.05) is 7.05 Å². The van der Waals surface area contributed by atoms with Gasteiger partial charge in [-0.05, 0) is 20.8 Å². The zero-order valence-corrected chi connectivity index (χ0v) is 8.77. The number of amides is 1. The molecule has 0 aromatic rings. The largest absolute Gasteiger partial charge is 0.369 e. The van der Waals surface area contributed by atoms with E-state index in [1.165, 1.54) is 5.01 Å². The smallest absolute Gasteiger partial charge is 0.258 e. The second kappa shape index (κ2) is 3.27. The Hall–Kier alpha value is -0.610. The van der Waals surface area contributed by atoms with Gasteiger partial charge in [0.25, 0.3) is 6.41 Å². The standard InChI is InChI=1S/C9H19N2O2/c1-7(2)11(4)8(3)5-9(13)10(11)6-12/h6-9,13H,5H2,1-4H3/q+1/t8-,9+,11?/m0/s1. The van der Waals surface area contributed by atoms with Crippen LogP contribution >= 0.6 is 0 Å². The molecule has 0 aromatic carbocycles. The van der Waals surface area contributed by atoms with Crippen LogP contribution in [0.25, 0.3) is 0 Å². The average Bonchev–Trinajstić information content (AvgIpc) is 2.24. The maximum atomic E-state index is 10.8. The van der Waals surface area contributed by atoms with Crippen molar-refractivity contribution in [2.75, 3.05) is 7.05 Å². The number of nitrogens with zero attached hydrogens (tertiary/aromatic N) is 2. The van der Waals surface area contributed by atoms with E-state index in [-0.39, 0.29) is 0 Å². The quantitative estimate of drug-likeness (QED) is 0.500. The highest BCUT2D eigenvalue weighted by molar-refractivity contribution is 5.45. The summed E-state index contributed by atoms with van der Waals surface area (Å²) in [5.74, 6) is 0. The number of hydrogen-bond acceptors (Lipinski definition) is 2. The lowest BCUT2D eigenvalue weighted by atomic mass is 10.2. The molecule has 0 aromatic heterocycles. The minimum atomic E-state index is -0.625. The molecule has 1 aliphatic heterocycles. The molecule has 1 N–H and O–H groups in total. The molecule has 4 nitrogen and oxygen atoms in total. The Balaban J connectivity index is 2.98. The first-order valence-electron chi connectivity index (χ1n) is 4.72. The summed E-state index contributed by atoms with van der Waals surface area (Å²) in [6, 6.07) is 0.595. The highest BCUT2D eigenvalue weighted by Gasteiger charge is 2.49. The number of carbonyl (C=O) groups is 1. The van der Waals surface area contributed by atoms with Gasteiger partial charge in [0.05, 0.1) is 13.5 Å². The van der Waals surface area contributed by atoms with Crippen LogP contribution in [0.15, 0.2) is 0 Å². The normalized spacial score (nSPS) is 40.0. The summed E-state index contributed by atoms with van der Waals surface area (Å²) in [6.45, 7) is 6.18. The molecule has 1 saturated heterocycles. The fourth-order valence-corrected chi connectivity index (χ4v) is 2.09. The van der Waals surface area contributed by atoms with Gasteiger partial charge in [0.1, 0.15) is 12.1 Å². The SMILES string of the molecule is CC(C)[N+]1(C)[C@@H](C)C[C@@H](O)N1C=O. The average molecular weight is 187 g/mol. The first-order valence-corrected chi connectivity index (χ1v) is 4.72. The van der Waals surface area contributed by atoms with Crippen LogP contribution < -0.4 is 0 Å². The van der Waals surface area contributed by atoms with Crippen LogP contribution in [0, 0.1) is 0 Å². The monoisotopic (exact) mass is 187 g/mol. The summed E-state index contributed by atoms with van der Waals surface area (Å²) in [5.41, 5.74) is 0. The van der Waals surface area contributed by atoms with Gasteiger partial charge in [0.15, 0.2) is 6.23 Å². The van der Waals surface area contributed by atoms with E-state index >= 15 is 0 Å². The Morgan fingerprint density at radius 3 is 2.46 bits per heavy atom. The van der Waals surface area contributed by atoms with Crippen molar-refractivity contribution in [3.63, 3.8) is 0 Å². The van der Waals surface area contributed by atoms with Crippen molar-refractivity contribution in [2.45, 2.75) is 45.5 Å². The molecule has 1 fully saturated rings. The van der Waals surface area contributed by atoms with E-state index in [0.29, 0.717) is 23.1 Å². The number of aliphatic hydroxyl groups excluding tert-OH is 1. The topological polar surface area (TPSA) is 40.5 Å². The minimum absolute atomic E-state index is 0.292. The third-order valence-corrected chi connectivity index (χ3v) is 3.40. The van der Waals surface area contributed by atoms with Gasteiger partial charge in [0.2, 0.25) is 0 Å². The number of quaternary nitrogens is 1. The molecule has 1 amide bonds. The van der Waals surface area contributed by atoms with E-state index in [0.717, 1.165) is 6.41 Å². The van der Waals surface area contributed by atoms with E-state index in [4.69, 9.17) is 0 Å². The summed E-state index contributed by atoms with van der Waals surface area (Å²) < 4.78 is 0.505. The van der Waals surface area contributed by atoms with E-state index in [2.05, 4.69) is 20.8 Å². The highest BCUT2D eigenvalue weighted by atomic mass is 16.3. The molecule has 0 bridgehead atoms. The molecule has 1 unspecified atom stereocenters. The maximum absolute atomic E-state index is 10.8. The summed E-state index contributed by atoms with van der Waals surface area (Å²) in [5, 5.41) is 11.1. The van der Waals surface area contributed by atoms with E-state index in [9.17, 15) is 9.90 Å². The second-order valence-electron chi connectivity index (χ2n) is 4.24. The molecule has 0 aliphatic carbocycles. The molecule has 0 spiro atoms. The Bertz CT molecular complexity index is 208. The zero-order valence-electron chi connectivity index (χ0n) is 8.77. The molecule has 4 heteroatoms. The Kier molecular flexibility index (Phi) is 2.63. The van der Waals surface area contributed by atoms with Crippen LogP contribution in [0.4, 0.5) is 0 Å². The Morgan fingerprint density at radius 2 is 2.15 bits per heavy atom. The number of carbonyl (C=O) groups excluding carboxylic acids is 1. The van der Waals surface area contributed by atoms with Crippen LogP contribution in [-0.2, 0) is 4.79 Å². The molecule has 0 saturated carbocycles. The second-order valence-corrected chi connectivity index (χ2v) is 4.24. The van der Waals surface area contributed by atoms with Gasteiger partial charge in [-0.25, -0.2) is 4.59 Å². The molecule has 1 heterocycles. The molecule has 1 aliphatic rings. The van der Waals surface area contributed by atoms with Gasteiger partial charge < -0.3 is 5.11 Å². The first-order chi connectivity index (χ1) is 5.94. The van der Waals surface area contributed by atoms with Gasteiger partial charge in [-0.3, -0.25) is 4.79 Å². The molecule has 1 rings (SSSR count). The molecule has 3 atom stereocenters.